The standard InChI is InChI=1S/C13H16N2O3/c16-12(9-10-5-1-3-7-14-10)15-8-4-2-6-11(15)13(17)18/h1,3,5,7,11H,2,4,6,8-9H2,(H,17,18)/t11-/m0/s1. The van der Waals surface area contributed by atoms with Crippen LogP contribution in [0.2, 0.25) is 0 Å². The number of nitrogens with zero attached hydrogens (tertiary/aromatic N) is 2. The van der Waals surface area contributed by atoms with Crippen molar-refractivity contribution in [1.82, 2.24) is 9.88 Å². The number of piperidine rings is 1. The monoisotopic (exact) mass is 248 g/mol. The Hall–Kier alpha value is -1.91. The molecule has 0 aromatic carbocycles. The van der Waals surface area contributed by atoms with Gasteiger partial charge in [-0.15, -0.1) is 0 Å². The minimum atomic E-state index is -0.913. The number of hydrogen-bond acceptors (Lipinski definition) is 3. The van der Waals surface area contributed by atoms with Gasteiger partial charge in [0.2, 0.25) is 5.91 Å². The maximum absolute atomic E-state index is 12.1. The third kappa shape index (κ3) is 2.85. The molecule has 0 bridgehead atoms. The van der Waals surface area contributed by atoms with Crippen molar-refractivity contribution in [2.45, 2.75) is 31.7 Å². The lowest BCUT2D eigenvalue weighted by atomic mass is 10.0. The fraction of sp³-hybridized carbons (Fsp3) is 0.462. The van der Waals surface area contributed by atoms with Crippen LogP contribution in [0.1, 0.15) is 25.0 Å². The first kappa shape index (κ1) is 12.5. The van der Waals surface area contributed by atoms with Crippen molar-refractivity contribution in [3.05, 3.63) is 30.1 Å². The maximum atomic E-state index is 12.1. The number of carboxylic acids is 1. The van der Waals surface area contributed by atoms with Gasteiger partial charge in [0, 0.05) is 18.4 Å². The molecule has 1 aliphatic rings. The van der Waals surface area contributed by atoms with E-state index in [1.165, 1.54) is 4.90 Å². The lowest BCUT2D eigenvalue weighted by Crippen LogP contribution is -2.48. The predicted molar refractivity (Wildman–Crippen MR) is 64.9 cm³/mol. The van der Waals surface area contributed by atoms with Gasteiger partial charge in [-0.05, 0) is 31.4 Å². The van der Waals surface area contributed by atoms with E-state index in [1.54, 1.807) is 18.3 Å². The van der Waals surface area contributed by atoms with Crippen LogP contribution in [0, 0.1) is 0 Å². The zero-order chi connectivity index (χ0) is 13.0. The highest BCUT2D eigenvalue weighted by Gasteiger charge is 2.31. The van der Waals surface area contributed by atoms with E-state index in [-0.39, 0.29) is 12.3 Å². The molecule has 1 aromatic rings. The Kier molecular flexibility index (Phi) is 3.92. The number of carbonyl (C=O) groups excluding carboxylic acids is 1. The second-order valence-electron chi connectivity index (χ2n) is 4.43. The Bertz CT molecular complexity index is 433. The summed E-state index contributed by atoms with van der Waals surface area (Å²) in [4.78, 5) is 28.8. The minimum absolute atomic E-state index is 0.152. The number of hydrogen-bond donors (Lipinski definition) is 1. The molecule has 0 unspecified atom stereocenters. The summed E-state index contributed by atoms with van der Waals surface area (Å²) in [6, 6.07) is 4.71. The Labute approximate surface area is 105 Å². The van der Waals surface area contributed by atoms with Gasteiger partial charge < -0.3 is 10.0 Å². The Morgan fingerprint density at radius 1 is 1.39 bits per heavy atom. The van der Waals surface area contributed by atoms with Gasteiger partial charge in [0.15, 0.2) is 0 Å². The molecule has 1 aliphatic heterocycles. The van der Waals surface area contributed by atoms with Crippen molar-refractivity contribution in [2.75, 3.05) is 6.54 Å². The zero-order valence-electron chi connectivity index (χ0n) is 10.1. The molecule has 1 fully saturated rings. The van der Waals surface area contributed by atoms with Crippen molar-refractivity contribution in [2.24, 2.45) is 0 Å². The van der Waals surface area contributed by atoms with E-state index in [0.29, 0.717) is 18.7 Å². The van der Waals surface area contributed by atoms with Crippen LogP contribution < -0.4 is 0 Å². The number of amides is 1. The van der Waals surface area contributed by atoms with E-state index in [0.717, 1.165) is 12.8 Å². The molecule has 1 aromatic heterocycles. The number of likely N-dealkylation sites (tertiary alicyclic amines) is 1. The van der Waals surface area contributed by atoms with Crippen LogP contribution in [0.5, 0.6) is 0 Å². The quantitative estimate of drug-likeness (QED) is 0.869. The summed E-state index contributed by atoms with van der Waals surface area (Å²) in [5, 5.41) is 9.11. The largest absolute Gasteiger partial charge is 0.480 e. The zero-order valence-corrected chi connectivity index (χ0v) is 10.1. The van der Waals surface area contributed by atoms with E-state index in [2.05, 4.69) is 4.98 Å². The summed E-state index contributed by atoms with van der Waals surface area (Å²) in [6.07, 6.45) is 4.09. The van der Waals surface area contributed by atoms with Crippen LogP contribution in [0.4, 0.5) is 0 Å². The summed E-state index contributed by atoms with van der Waals surface area (Å²) in [5.41, 5.74) is 0.678. The number of carbonyl (C=O) groups is 2. The van der Waals surface area contributed by atoms with Crippen molar-refractivity contribution in [3.63, 3.8) is 0 Å². The SMILES string of the molecule is O=C(O)[C@@H]1CCCCN1C(=O)Cc1ccccn1. The number of carboxylic acid groups (broad SMARTS) is 1. The number of aliphatic carboxylic acids is 1. The molecule has 0 saturated carbocycles. The molecule has 96 valence electrons. The van der Waals surface area contributed by atoms with Crippen molar-refractivity contribution in [1.29, 1.82) is 0 Å². The summed E-state index contributed by atoms with van der Waals surface area (Å²) in [5.74, 6) is -1.06. The van der Waals surface area contributed by atoms with Crippen LogP contribution in [0.15, 0.2) is 24.4 Å². The van der Waals surface area contributed by atoms with Crippen LogP contribution in [0.3, 0.4) is 0 Å². The molecule has 2 heterocycles. The molecule has 1 saturated heterocycles. The first-order valence-corrected chi connectivity index (χ1v) is 6.10. The average molecular weight is 248 g/mol. The highest BCUT2D eigenvalue weighted by atomic mass is 16.4. The Balaban J connectivity index is 2.05. The van der Waals surface area contributed by atoms with Crippen LogP contribution in [0.25, 0.3) is 0 Å². The lowest BCUT2D eigenvalue weighted by Gasteiger charge is -2.32. The molecular weight excluding hydrogens is 232 g/mol. The second kappa shape index (κ2) is 5.62. The first-order chi connectivity index (χ1) is 8.68. The molecule has 2 rings (SSSR count). The molecule has 5 nitrogen and oxygen atoms in total. The highest BCUT2D eigenvalue weighted by molar-refractivity contribution is 5.85. The van der Waals surface area contributed by atoms with Crippen molar-refractivity contribution >= 4 is 11.9 Å². The van der Waals surface area contributed by atoms with Crippen molar-refractivity contribution in [3.8, 4) is 0 Å². The minimum Gasteiger partial charge on any atom is -0.480 e. The first-order valence-electron chi connectivity index (χ1n) is 6.10. The van der Waals surface area contributed by atoms with Crippen LogP contribution in [-0.2, 0) is 16.0 Å². The molecule has 1 atom stereocenters. The van der Waals surface area contributed by atoms with E-state index >= 15 is 0 Å². The second-order valence-corrected chi connectivity index (χ2v) is 4.43. The predicted octanol–water partition coefficient (Wildman–Crippen LogP) is 1.09. The molecule has 1 amide bonds. The van der Waals surface area contributed by atoms with Crippen molar-refractivity contribution < 1.29 is 14.7 Å². The summed E-state index contributed by atoms with van der Waals surface area (Å²) < 4.78 is 0. The van der Waals surface area contributed by atoms with E-state index in [1.807, 2.05) is 6.07 Å². The fourth-order valence-electron chi connectivity index (χ4n) is 2.25. The number of aromatic nitrogens is 1. The third-order valence-corrected chi connectivity index (χ3v) is 3.17. The highest BCUT2D eigenvalue weighted by Crippen LogP contribution is 2.18. The van der Waals surface area contributed by atoms with Gasteiger partial charge >= 0.3 is 5.97 Å². The van der Waals surface area contributed by atoms with Gasteiger partial charge in [0.25, 0.3) is 0 Å². The van der Waals surface area contributed by atoms with Gasteiger partial charge in [0.1, 0.15) is 6.04 Å². The number of rotatable bonds is 3. The Morgan fingerprint density at radius 3 is 2.89 bits per heavy atom. The van der Waals surface area contributed by atoms with Crippen LogP contribution in [-0.4, -0.2) is 39.5 Å². The summed E-state index contributed by atoms with van der Waals surface area (Å²) >= 11 is 0. The van der Waals surface area contributed by atoms with E-state index in [9.17, 15) is 9.59 Å². The molecule has 5 heteroatoms. The third-order valence-electron chi connectivity index (χ3n) is 3.17. The van der Waals surface area contributed by atoms with Gasteiger partial charge in [0.05, 0.1) is 6.42 Å². The Morgan fingerprint density at radius 2 is 2.22 bits per heavy atom. The summed E-state index contributed by atoms with van der Waals surface area (Å²) in [7, 11) is 0. The van der Waals surface area contributed by atoms with E-state index in [4.69, 9.17) is 5.11 Å². The van der Waals surface area contributed by atoms with Crippen LogP contribution >= 0.6 is 0 Å². The molecule has 1 N–H and O–H groups in total. The molecule has 0 aliphatic carbocycles. The molecule has 18 heavy (non-hydrogen) atoms. The normalized spacial score (nSPS) is 19.6. The topological polar surface area (TPSA) is 70.5 Å². The lowest BCUT2D eigenvalue weighted by molar-refractivity contribution is -0.151. The van der Waals surface area contributed by atoms with Gasteiger partial charge in [-0.2, -0.15) is 0 Å². The van der Waals surface area contributed by atoms with Gasteiger partial charge in [-0.25, -0.2) is 4.79 Å². The van der Waals surface area contributed by atoms with Gasteiger partial charge in [-0.3, -0.25) is 9.78 Å². The maximum Gasteiger partial charge on any atom is 0.326 e. The molecule has 0 radical (unpaired) electrons. The fourth-order valence-corrected chi connectivity index (χ4v) is 2.25. The number of pyridine rings is 1. The van der Waals surface area contributed by atoms with E-state index < -0.39 is 12.0 Å². The molecule has 0 spiro atoms. The summed E-state index contributed by atoms with van der Waals surface area (Å²) in [6.45, 7) is 0.530. The average Bonchev–Trinajstić information content (AvgIpc) is 2.40. The smallest absolute Gasteiger partial charge is 0.326 e. The molecular formula is C13H16N2O3. The van der Waals surface area contributed by atoms with Gasteiger partial charge in [-0.1, -0.05) is 6.07 Å².